The van der Waals surface area contributed by atoms with E-state index in [1.165, 1.54) is 10.4 Å². The van der Waals surface area contributed by atoms with Crippen LogP contribution in [0.25, 0.3) is 0 Å². The first-order chi connectivity index (χ1) is 13.8. The Kier molecular flexibility index (Phi) is 5.20. The Morgan fingerprint density at radius 2 is 1.59 bits per heavy atom. The van der Waals surface area contributed by atoms with Gasteiger partial charge in [0.25, 0.3) is 8.32 Å². The third-order valence-corrected chi connectivity index (χ3v) is 11.9. The molecule has 4 heteroatoms. The minimum Gasteiger partial charge on any atom is -0.405 e. The highest BCUT2D eigenvalue weighted by molar-refractivity contribution is 6.99. The van der Waals surface area contributed by atoms with Gasteiger partial charge in [0.15, 0.2) is 0 Å². The number of carbonyl (C=O) groups excluding carboxylic acids is 1. The van der Waals surface area contributed by atoms with Gasteiger partial charge in [0.05, 0.1) is 12.1 Å². The highest BCUT2D eigenvalue weighted by atomic mass is 28.4. The summed E-state index contributed by atoms with van der Waals surface area (Å²) in [5.41, 5.74) is -0.121. The number of nitrogens with zero attached hydrogens (tertiary/aromatic N) is 1. The van der Waals surface area contributed by atoms with E-state index in [2.05, 4.69) is 93.3 Å². The van der Waals surface area contributed by atoms with Gasteiger partial charge in [-0.15, -0.1) is 0 Å². The Labute approximate surface area is 176 Å². The minimum absolute atomic E-state index is 0.0377. The average molecular weight is 408 g/mol. The van der Waals surface area contributed by atoms with Crippen molar-refractivity contribution in [2.24, 2.45) is 5.92 Å². The van der Waals surface area contributed by atoms with Crippen LogP contribution in [0.3, 0.4) is 0 Å². The molecule has 0 saturated carbocycles. The number of hydrogen-bond acceptors (Lipinski definition) is 2. The van der Waals surface area contributed by atoms with E-state index in [-0.39, 0.29) is 16.5 Å². The van der Waals surface area contributed by atoms with Crippen molar-refractivity contribution in [1.29, 1.82) is 0 Å². The lowest BCUT2D eigenvalue weighted by Crippen LogP contribution is -2.68. The summed E-state index contributed by atoms with van der Waals surface area (Å²) in [6.45, 7) is 10.5. The second-order valence-electron chi connectivity index (χ2n) is 9.87. The Bertz CT molecular complexity index is 822. The number of rotatable bonds is 5. The fourth-order valence-corrected chi connectivity index (χ4v) is 10.3. The topological polar surface area (TPSA) is 29.5 Å². The number of benzene rings is 2. The summed E-state index contributed by atoms with van der Waals surface area (Å²) in [5.74, 6) is 0.423. The minimum atomic E-state index is -2.56. The van der Waals surface area contributed by atoms with Gasteiger partial charge >= 0.3 is 0 Å². The summed E-state index contributed by atoms with van der Waals surface area (Å²) in [6.07, 6.45) is 3.06. The largest absolute Gasteiger partial charge is 0.405 e. The fourth-order valence-electron chi connectivity index (χ4n) is 5.63. The highest BCUT2D eigenvalue weighted by Gasteiger charge is 2.56. The summed E-state index contributed by atoms with van der Waals surface area (Å²) in [6, 6.07) is 21.6. The van der Waals surface area contributed by atoms with E-state index in [9.17, 15) is 4.79 Å². The highest BCUT2D eigenvalue weighted by Crippen LogP contribution is 2.44. The van der Waals surface area contributed by atoms with Gasteiger partial charge in [-0.2, -0.15) is 0 Å². The second kappa shape index (κ2) is 7.40. The van der Waals surface area contributed by atoms with Gasteiger partial charge in [0, 0.05) is 12.5 Å². The maximum Gasteiger partial charge on any atom is 0.261 e. The first-order valence-electron chi connectivity index (χ1n) is 10.9. The smallest absolute Gasteiger partial charge is 0.261 e. The molecule has 4 rings (SSSR count). The van der Waals surface area contributed by atoms with E-state index in [1.54, 1.807) is 0 Å². The molecule has 0 aromatic heterocycles. The SMILES string of the molecule is C[C@@H]1C[C@]2(CO[Si](c3ccccc3)(c3ccccc3)C(C)(C)C)CCCN2C1=O. The lowest BCUT2D eigenvalue weighted by molar-refractivity contribution is -0.132. The van der Waals surface area contributed by atoms with Gasteiger partial charge in [-0.3, -0.25) is 4.79 Å². The molecule has 2 fully saturated rings. The molecule has 0 N–H and O–H groups in total. The molecule has 2 aromatic carbocycles. The van der Waals surface area contributed by atoms with Crippen LogP contribution in [0, 0.1) is 5.92 Å². The normalized spacial score (nSPS) is 24.8. The molecule has 0 spiro atoms. The summed E-state index contributed by atoms with van der Waals surface area (Å²) in [7, 11) is -2.56. The van der Waals surface area contributed by atoms with Crippen LogP contribution < -0.4 is 10.4 Å². The van der Waals surface area contributed by atoms with Crippen LogP contribution in [-0.4, -0.2) is 37.8 Å². The van der Waals surface area contributed by atoms with Gasteiger partial charge in [0.1, 0.15) is 0 Å². The van der Waals surface area contributed by atoms with Crippen molar-refractivity contribution in [3.63, 3.8) is 0 Å². The van der Waals surface area contributed by atoms with Crippen molar-refractivity contribution in [3.8, 4) is 0 Å². The molecule has 0 bridgehead atoms. The van der Waals surface area contributed by atoms with Crippen LogP contribution >= 0.6 is 0 Å². The van der Waals surface area contributed by atoms with Crippen molar-refractivity contribution in [2.75, 3.05) is 13.2 Å². The van der Waals surface area contributed by atoms with Crippen LogP contribution in [-0.2, 0) is 9.22 Å². The predicted molar refractivity (Wildman–Crippen MR) is 121 cm³/mol. The molecule has 3 nitrogen and oxygen atoms in total. The first kappa shape index (κ1) is 20.4. The molecule has 29 heavy (non-hydrogen) atoms. The van der Waals surface area contributed by atoms with Gasteiger partial charge in [-0.05, 0) is 34.7 Å². The lowest BCUT2D eigenvalue weighted by Gasteiger charge is -2.45. The molecule has 1 amide bonds. The quantitative estimate of drug-likeness (QED) is 0.702. The molecule has 0 unspecified atom stereocenters. The summed E-state index contributed by atoms with van der Waals surface area (Å²) in [4.78, 5) is 14.9. The summed E-state index contributed by atoms with van der Waals surface area (Å²) < 4.78 is 7.20. The molecule has 2 heterocycles. The van der Waals surface area contributed by atoms with Crippen LogP contribution in [0.4, 0.5) is 0 Å². The number of carbonyl (C=O) groups is 1. The zero-order chi connectivity index (χ0) is 20.7. The summed E-state index contributed by atoms with van der Waals surface area (Å²) >= 11 is 0. The van der Waals surface area contributed by atoms with E-state index in [0.29, 0.717) is 12.5 Å². The van der Waals surface area contributed by atoms with Gasteiger partial charge < -0.3 is 9.33 Å². The lowest BCUT2D eigenvalue weighted by atomic mass is 9.92. The van der Waals surface area contributed by atoms with Gasteiger partial charge in [-0.25, -0.2) is 0 Å². The fraction of sp³-hybridized carbons (Fsp3) is 0.480. The van der Waals surface area contributed by atoms with Crippen LogP contribution in [0.1, 0.15) is 47.0 Å². The zero-order valence-electron chi connectivity index (χ0n) is 18.2. The number of fused-ring (bicyclic) bond motifs is 1. The molecule has 154 valence electrons. The van der Waals surface area contributed by atoms with Gasteiger partial charge in [-0.1, -0.05) is 88.4 Å². The molecule has 2 aromatic rings. The van der Waals surface area contributed by atoms with E-state index >= 15 is 0 Å². The van der Waals surface area contributed by atoms with Crippen molar-refractivity contribution in [2.45, 2.75) is 57.5 Å². The first-order valence-corrected chi connectivity index (χ1v) is 12.8. The molecular formula is C25H33NO2Si. The Morgan fingerprint density at radius 1 is 1.03 bits per heavy atom. The van der Waals surface area contributed by atoms with Crippen molar-refractivity contribution < 1.29 is 9.22 Å². The Hall–Kier alpha value is -1.91. The van der Waals surface area contributed by atoms with E-state index < -0.39 is 8.32 Å². The maximum atomic E-state index is 12.7. The van der Waals surface area contributed by atoms with Crippen molar-refractivity contribution >= 4 is 24.6 Å². The van der Waals surface area contributed by atoms with E-state index in [0.717, 1.165) is 25.8 Å². The predicted octanol–water partition coefficient (Wildman–Crippen LogP) is 3.96. The van der Waals surface area contributed by atoms with Crippen LogP contribution in [0.15, 0.2) is 60.7 Å². The van der Waals surface area contributed by atoms with Crippen LogP contribution in [0.5, 0.6) is 0 Å². The van der Waals surface area contributed by atoms with Gasteiger partial charge in [0.2, 0.25) is 5.91 Å². The van der Waals surface area contributed by atoms with E-state index in [1.807, 2.05) is 0 Å². The van der Waals surface area contributed by atoms with Crippen molar-refractivity contribution in [3.05, 3.63) is 60.7 Å². The standard InChI is InChI=1S/C25H33NO2Si/c1-20-18-25(16-11-17-26(25)23(20)27)19-28-29(24(2,3)4,21-12-7-5-8-13-21)22-14-9-6-10-15-22/h5-10,12-15,20H,11,16-19H2,1-4H3/t20-,25+/m1/s1. The number of amides is 1. The molecule has 0 radical (unpaired) electrons. The Balaban J connectivity index is 1.79. The molecule has 0 aliphatic carbocycles. The molecule has 2 aliphatic rings. The van der Waals surface area contributed by atoms with Crippen molar-refractivity contribution in [1.82, 2.24) is 4.90 Å². The number of hydrogen-bond donors (Lipinski definition) is 0. The average Bonchev–Trinajstić information content (AvgIpc) is 3.21. The molecule has 2 aliphatic heterocycles. The monoisotopic (exact) mass is 407 g/mol. The maximum absolute atomic E-state index is 12.7. The second-order valence-corrected chi connectivity index (χ2v) is 14.2. The third-order valence-electron chi connectivity index (χ3n) is 6.94. The summed E-state index contributed by atoms with van der Waals surface area (Å²) in [5, 5.41) is 2.57. The van der Waals surface area contributed by atoms with E-state index in [4.69, 9.17) is 4.43 Å². The van der Waals surface area contributed by atoms with Crippen LogP contribution in [0.2, 0.25) is 5.04 Å². The molecule has 2 saturated heterocycles. The molecular weight excluding hydrogens is 374 g/mol. The zero-order valence-corrected chi connectivity index (χ0v) is 19.2. The third kappa shape index (κ3) is 3.26. The Morgan fingerprint density at radius 3 is 2.10 bits per heavy atom. The molecule has 2 atom stereocenters.